The van der Waals surface area contributed by atoms with E-state index in [1.54, 1.807) is 0 Å². The molecule has 2 aliphatic rings. The molecule has 0 bridgehead atoms. The summed E-state index contributed by atoms with van der Waals surface area (Å²) in [6.45, 7) is 3.27. The van der Waals surface area contributed by atoms with Gasteiger partial charge >= 0.3 is 5.97 Å². The van der Waals surface area contributed by atoms with Crippen molar-refractivity contribution in [2.45, 2.75) is 12.8 Å². The molecule has 3 rings (SSSR count). The van der Waals surface area contributed by atoms with Crippen LogP contribution in [0.4, 0.5) is 11.4 Å². The highest BCUT2D eigenvalue weighted by Gasteiger charge is 2.43. The Bertz CT molecular complexity index is 526. The van der Waals surface area contributed by atoms with Gasteiger partial charge in [0.05, 0.1) is 18.0 Å². The van der Waals surface area contributed by atoms with E-state index in [0.29, 0.717) is 26.2 Å². The highest BCUT2D eigenvalue weighted by atomic mass is 16.5. The van der Waals surface area contributed by atoms with Crippen molar-refractivity contribution in [3.05, 3.63) is 24.3 Å². The number of carboxylic acid groups (broad SMARTS) is 1. The molecule has 114 valence electrons. The number of aliphatic carboxylic acids is 1. The summed E-state index contributed by atoms with van der Waals surface area (Å²) in [7, 11) is 2.08. The smallest absolute Gasteiger partial charge is 0.313 e. The number of hydrogen-bond acceptors (Lipinski definition) is 4. The van der Waals surface area contributed by atoms with Crippen LogP contribution in [0.5, 0.6) is 0 Å². The number of rotatable bonds is 3. The van der Waals surface area contributed by atoms with Crippen LogP contribution in [0.25, 0.3) is 0 Å². The zero-order chi connectivity index (χ0) is 14.9. The number of anilines is 2. The van der Waals surface area contributed by atoms with Gasteiger partial charge in [-0.15, -0.1) is 0 Å². The van der Waals surface area contributed by atoms with Gasteiger partial charge in [0, 0.05) is 33.3 Å². The van der Waals surface area contributed by atoms with E-state index in [-0.39, 0.29) is 0 Å². The van der Waals surface area contributed by atoms with Crippen LogP contribution in [-0.4, -0.2) is 51.0 Å². The van der Waals surface area contributed by atoms with Crippen LogP contribution in [0.1, 0.15) is 12.8 Å². The third-order valence-corrected chi connectivity index (χ3v) is 4.61. The van der Waals surface area contributed by atoms with Gasteiger partial charge in [0.15, 0.2) is 0 Å². The number of para-hydroxylation sites is 2. The van der Waals surface area contributed by atoms with E-state index < -0.39 is 11.4 Å². The number of likely N-dealkylation sites (N-methyl/N-ethyl adjacent to an activating group) is 1. The van der Waals surface area contributed by atoms with Crippen molar-refractivity contribution in [1.29, 1.82) is 0 Å². The quantitative estimate of drug-likeness (QED) is 0.920. The predicted molar refractivity (Wildman–Crippen MR) is 82.0 cm³/mol. The molecule has 1 saturated heterocycles. The van der Waals surface area contributed by atoms with E-state index >= 15 is 0 Å². The third-order valence-electron chi connectivity index (χ3n) is 4.61. The Morgan fingerprint density at radius 3 is 2.76 bits per heavy atom. The molecule has 2 heterocycles. The van der Waals surface area contributed by atoms with E-state index in [4.69, 9.17) is 4.74 Å². The second-order valence-electron chi connectivity index (χ2n) is 6.07. The molecule has 21 heavy (non-hydrogen) atoms. The zero-order valence-corrected chi connectivity index (χ0v) is 12.4. The van der Waals surface area contributed by atoms with Gasteiger partial charge in [-0.25, -0.2) is 0 Å². The number of fused-ring (bicyclic) bond motifs is 1. The molecule has 0 amide bonds. The fraction of sp³-hybridized carbons (Fsp3) is 0.562. The number of nitrogens with zero attached hydrogens (tertiary/aromatic N) is 2. The Kier molecular flexibility index (Phi) is 3.76. The Morgan fingerprint density at radius 1 is 1.33 bits per heavy atom. The van der Waals surface area contributed by atoms with Crippen molar-refractivity contribution < 1.29 is 14.6 Å². The number of benzene rings is 1. The van der Waals surface area contributed by atoms with Crippen LogP contribution in [0, 0.1) is 5.41 Å². The van der Waals surface area contributed by atoms with E-state index in [2.05, 4.69) is 29.0 Å². The normalized spacial score (nSPS) is 25.6. The number of carboxylic acids is 1. The molecule has 0 aromatic heterocycles. The van der Waals surface area contributed by atoms with Crippen LogP contribution in [0.15, 0.2) is 24.3 Å². The maximum Gasteiger partial charge on any atom is 0.313 e. The number of carbonyl (C=O) groups is 1. The SMILES string of the molecule is CN1CCN(CC2(C(=O)O)CCCOC2)c2ccccc21. The molecular formula is C16H22N2O3. The molecule has 1 atom stereocenters. The largest absolute Gasteiger partial charge is 0.481 e. The summed E-state index contributed by atoms with van der Waals surface area (Å²) in [4.78, 5) is 16.2. The van der Waals surface area contributed by atoms with Gasteiger partial charge in [-0.05, 0) is 25.0 Å². The Labute approximate surface area is 125 Å². The summed E-state index contributed by atoms with van der Waals surface area (Å²) in [6.07, 6.45) is 1.51. The average Bonchev–Trinajstić information content (AvgIpc) is 2.51. The highest BCUT2D eigenvalue weighted by molar-refractivity contribution is 5.78. The van der Waals surface area contributed by atoms with Crippen LogP contribution < -0.4 is 9.80 Å². The lowest BCUT2D eigenvalue weighted by atomic mass is 9.81. The van der Waals surface area contributed by atoms with Crippen molar-refractivity contribution >= 4 is 17.3 Å². The minimum Gasteiger partial charge on any atom is -0.481 e. The summed E-state index contributed by atoms with van der Waals surface area (Å²) >= 11 is 0. The van der Waals surface area contributed by atoms with Gasteiger partial charge in [-0.1, -0.05) is 12.1 Å². The lowest BCUT2D eigenvalue weighted by molar-refractivity contribution is -0.156. The van der Waals surface area contributed by atoms with Gasteiger partial charge < -0.3 is 19.6 Å². The summed E-state index contributed by atoms with van der Waals surface area (Å²) in [5, 5.41) is 9.70. The monoisotopic (exact) mass is 290 g/mol. The lowest BCUT2D eigenvalue weighted by Gasteiger charge is -2.42. The van der Waals surface area contributed by atoms with E-state index in [0.717, 1.165) is 25.2 Å². The van der Waals surface area contributed by atoms with Crippen molar-refractivity contribution in [2.24, 2.45) is 5.41 Å². The summed E-state index contributed by atoms with van der Waals surface area (Å²) in [5.41, 5.74) is 1.51. The van der Waals surface area contributed by atoms with E-state index in [1.807, 2.05) is 12.1 Å². The Balaban J connectivity index is 1.87. The van der Waals surface area contributed by atoms with Crippen LogP contribution >= 0.6 is 0 Å². The maximum atomic E-state index is 11.8. The van der Waals surface area contributed by atoms with Crippen LogP contribution in [0.3, 0.4) is 0 Å². The molecule has 1 aromatic carbocycles. The summed E-state index contributed by atoms with van der Waals surface area (Å²) < 4.78 is 5.48. The molecule has 0 saturated carbocycles. The molecule has 0 radical (unpaired) electrons. The average molecular weight is 290 g/mol. The minimum atomic E-state index is -0.777. The number of hydrogen-bond donors (Lipinski definition) is 1. The molecule has 1 unspecified atom stereocenters. The Hall–Kier alpha value is -1.75. The molecule has 5 nitrogen and oxygen atoms in total. The second kappa shape index (κ2) is 5.56. The summed E-state index contributed by atoms with van der Waals surface area (Å²) in [5.74, 6) is -0.737. The van der Waals surface area contributed by atoms with Crippen molar-refractivity contribution in [2.75, 3.05) is 49.7 Å². The zero-order valence-electron chi connectivity index (χ0n) is 12.4. The van der Waals surface area contributed by atoms with Crippen molar-refractivity contribution in [3.8, 4) is 0 Å². The highest BCUT2D eigenvalue weighted by Crippen LogP contribution is 2.37. The topological polar surface area (TPSA) is 53.0 Å². The van der Waals surface area contributed by atoms with E-state index in [1.165, 1.54) is 5.69 Å². The molecule has 1 N–H and O–H groups in total. The van der Waals surface area contributed by atoms with Gasteiger partial charge in [0.1, 0.15) is 5.41 Å². The standard InChI is InChI=1S/C16H22N2O3/c1-17-8-9-18(14-6-3-2-5-13(14)17)11-16(15(19)20)7-4-10-21-12-16/h2-3,5-6H,4,7-12H2,1H3,(H,19,20). The molecule has 5 heteroatoms. The fourth-order valence-electron chi connectivity index (χ4n) is 3.31. The van der Waals surface area contributed by atoms with Crippen LogP contribution in [0.2, 0.25) is 0 Å². The van der Waals surface area contributed by atoms with Gasteiger partial charge in [-0.2, -0.15) is 0 Å². The van der Waals surface area contributed by atoms with Crippen LogP contribution in [-0.2, 0) is 9.53 Å². The van der Waals surface area contributed by atoms with Gasteiger partial charge in [-0.3, -0.25) is 4.79 Å². The van der Waals surface area contributed by atoms with Crippen molar-refractivity contribution in [1.82, 2.24) is 0 Å². The predicted octanol–water partition coefficient (Wildman–Crippen LogP) is 1.82. The first-order chi connectivity index (χ1) is 10.1. The van der Waals surface area contributed by atoms with E-state index in [9.17, 15) is 9.90 Å². The molecule has 0 aliphatic carbocycles. The van der Waals surface area contributed by atoms with Gasteiger partial charge in [0.2, 0.25) is 0 Å². The first-order valence-electron chi connectivity index (χ1n) is 7.49. The molecule has 0 spiro atoms. The molecule has 1 aromatic rings. The fourth-order valence-corrected chi connectivity index (χ4v) is 3.31. The second-order valence-corrected chi connectivity index (χ2v) is 6.07. The summed E-state index contributed by atoms with van der Waals surface area (Å²) in [6, 6.07) is 8.20. The Morgan fingerprint density at radius 2 is 2.10 bits per heavy atom. The molecule has 2 aliphatic heterocycles. The lowest BCUT2D eigenvalue weighted by Crippen LogP contribution is -2.51. The first-order valence-corrected chi connectivity index (χ1v) is 7.49. The third kappa shape index (κ3) is 2.58. The van der Waals surface area contributed by atoms with Gasteiger partial charge in [0.25, 0.3) is 0 Å². The molecule has 1 fully saturated rings. The van der Waals surface area contributed by atoms with Crippen molar-refractivity contribution in [3.63, 3.8) is 0 Å². The number of ether oxygens (including phenoxy) is 1. The first kappa shape index (κ1) is 14.2. The molecular weight excluding hydrogens is 268 g/mol. The minimum absolute atomic E-state index is 0.316. The maximum absolute atomic E-state index is 11.8.